The Labute approximate surface area is 132 Å². The zero-order valence-corrected chi connectivity index (χ0v) is 14.0. The monoisotopic (exact) mass is 307 g/mol. The Balaban J connectivity index is 1.80. The van der Waals surface area contributed by atoms with Gasteiger partial charge in [-0.15, -0.1) is 11.8 Å². The topological polar surface area (TPSA) is 29.5 Å². The van der Waals surface area contributed by atoms with Gasteiger partial charge in [0.15, 0.2) is 0 Å². The molecule has 0 saturated heterocycles. The Kier molecular flexibility index (Phi) is 5.97. The number of ether oxygens (including phenoxy) is 1. The van der Waals surface area contributed by atoms with Crippen LogP contribution in [0.15, 0.2) is 29.2 Å². The molecule has 1 aliphatic carbocycles. The first-order valence-electron chi connectivity index (χ1n) is 7.62. The van der Waals surface area contributed by atoms with Crippen molar-refractivity contribution < 1.29 is 9.53 Å². The van der Waals surface area contributed by atoms with E-state index in [4.69, 9.17) is 4.74 Å². The van der Waals surface area contributed by atoms with Gasteiger partial charge in [-0.05, 0) is 55.9 Å². The standard InChI is InChI=1S/C17H25NO2S/c1-13-4-6-14(7-5-13)18(2)17(19)12-21-16-10-8-15(20-3)9-11-16/h8-11,13-14H,4-7,12H2,1-3H3. The molecule has 3 nitrogen and oxygen atoms in total. The molecule has 116 valence electrons. The van der Waals surface area contributed by atoms with Crippen molar-refractivity contribution in [3.63, 3.8) is 0 Å². The van der Waals surface area contributed by atoms with Crippen molar-refractivity contribution >= 4 is 17.7 Å². The van der Waals surface area contributed by atoms with Gasteiger partial charge in [-0.25, -0.2) is 0 Å². The smallest absolute Gasteiger partial charge is 0.232 e. The van der Waals surface area contributed by atoms with Gasteiger partial charge in [-0.2, -0.15) is 0 Å². The molecular formula is C17H25NO2S. The predicted molar refractivity (Wildman–Crippen MR) is 87.9 cm³/mol. The van der Waals surface area contributed by atoms with Crippen molar-refractivity contribution in [2.24, 2.45) is 5.92 Å². The van der Waals surface area contributed by atoms with Crippen LogP contribution < -0.4 is 4.74 Å². The van der Waals surface area contributed by atoms with E-state index in [1.807, 2.05) is 36.2 Å². The second-order valence-corrected chi connectivity index (χ2v) is 6.93. The number of benzene rings is 1. The van der Waals surface area contributed by atoms with Crippen LogP contribution in [0.4, 0.5) is 0 Å². The largest absolute Gasteiger partial charge is 0.497 e. The Morgan fingerprint density at radius 1 is 1.24 bits per heavy atom. The van der Waals surface area contributed by atoms with Crippen molar-refractivity contribution in [3.8, 4) is 5.75 Å². The van der Waals surface area contributed by atoms with E-state index in [9.17, 15) is 4.79 Å². The number of methoxy groups -OCH3 is 1. The molecule has 0 atom stereocenters. The second-order valence-electron chi connectivity index (χ2n) is 5.88. The lowest BCUT2D eigenvalue weighted by Crippen LogP contribution is -2.40. The summed E-state index contributed by atoms with van der Waals surface area (Å²) in [4.78, 5) is 15.4. The molecule has 1 aromatic carbocycles. The molecule has 0 unspecified atom stereocenters. The van der Waals surface area contributed by atoms with Crippen molar-refractivity contribution in [2.75, 3.05) is 19.9 Å². The van der Waals surface area contributed by atoms with E-state index in [-0.39, 0.29) is 5.91 Å². The number of thioether (sulfide) groups is 1. The van der Waals surface area contributed by atoms with Gasteiger partial charge in [-0.3, -0.25) is 4.79 Å². The van der Waals surface area contributed by atoms with Crippen LogP contribution in [0.3, 0.4) is 0 Å². The Morgan fingerprint density at radius 2 is 1.86 bits per heavy atom. The van der Waals surface area contributed by atoms with Crippen LogP contribution in [0.2, 0.25) is 0 Å². The fraction of sp³-hybridized carbons (Fsp3) is 0.588. The number of carbonyl (C=O) groups is 1. The maximum absolute atomic E-state index is 12.3. The molecule has 0 aromatic heterocycles. The maximum Gasteiger partial charge on any atom is 0.232 e. The molecular weight excluding hydrogens is 282 g/mol. The minimum atomic E-state index is 0.232. The average Bonchev–Trinajstić information content (AvgIpc) is 2.53. The van der Waals surface area contributed by atoms with E-state index in [0.29, 0.717) is 11.8 Å². The molecule has 1 amide bonds. The van der Waals surface area contributed by atoms with E-state index < -0.39 is 0 Å². The summed E-state index contributed by atoms with van der Waals surface area (Å²) in [6, 6.07) is 8.29. The summed E-state index contributed by atoms with van der Waals surface area (Å²) in [6.45, 7) is 2.30. The highest BCUT2D eigenvalue weighted by atomic mass is 32.2. The van der Waals surface area contributed by atoms with Gasteiger partial charge in [0.05, 0.1) is 12.9 Å². The van der Waals surface area contributed by atoms with Crippen LogP contribution in [0.5, 0.6) is 5.75 Å². The van der Waals surface area contributed by atoms with Gasteiger partial charge in [0.1, 0.15) is 5.75 Å². The highest BCUT2D eigenvalue weighted by molar-refractivity contribution is 8.00. The minimum Gasteiger partial charge on any atom is -0.497 e. The van der Waals surface area contributed by atoms with Gasteiger partial charge in [0, 0.05) is 18.0 Å². The van der Waals surface area contributed by atoms with Crippen LogP contribution in [0, 0.1) is 5.92 Å². The zero-order chi connectivity index (χ0) is 15.2. The molecule has 1 saturated carbocycles. The van der Waals surface area contributed by atoms with Gasteiger partial charge in [0.25, 0.3) is 0 Å². The van der Waals surface area contributed by atoms with E-state index in [2.05, 4.69) is 6.92 Å². The number of amides is 1. The molecule has 4 heteroatoms. The van der Waals surface area contributed by atoms with Crippen molar-refractivity contribution in [1.82, 2.24) is 4.90 Å². The van der Waals surface area contributed by atoms with E-state index in [1.54, 1.807) is 18.9 Å². The fourth-order valence-corrected chi connectivity index (χ4v) is 3.57. The minimum absolute atomic E-state index is 0.232. The van der Waals surface area contributed by atoms with E-state index in [0.717, 1.165) is 29.4 Å². The van der Waals surface area contributed by atoms with Crippen LogP contribution in [-0.4, -0.2) is 36.8 Å². The average molecular weight is 307 g/mol. The van der Waals surface area contributed by atoms with Crippen LogP contribution >= 0.6 is 11.8 Å². The zero-order valence-electron chi connectivity index (χ0n) is 13.2. The lowest BCUT2D eigenvalue weighted by molar-refractivity contribution is -0.129. The summed E-state index contributed by atoms with van der Waals surface area (Å²) in [6.07, 6.45) is 4.79. The van der Waals surface area contributed by atoms with Gasteiger partial charge >= 0.3 is 0 Å². The molecule has 0 radical (unpaired) electrons. The van der Waals surface area contributed by atoms with E-state index in [1.165, 1.54) is 12.8 Å². The summed E-state index contributed by atoms with van der Waals surface area (Å²) in [5.41, 5.74) is 0. The number of nitrogens with zero attached hydrogens (tertiary/aromatic N) is 1. The Bertz CT molecular complexity index is 452. The number of hydrogen-bond acceptors (Lipinski definition) is 3. The SMILES string of the molecule is COc1ccc(SCC(=O)N(C)C2CCC(C)CC2)cc1. The molecule has 21 heavy (non-hydrogen) atoms. The first-order valence-corrected chi connectivity index (χ1v) is 8.61. The molecule has 2 rings (SSSR count). The summed E-state index contributed by atoms with van der Waals surface area (Å²) in [7, 11) is 3.61. The first kappa shape index (κ1) is 16.2. The quantitative estimate of drug-likeness (QED) is 0.774. The third-order valence-corrected chi connectivity index (χ3v) is 5.35. The summed E-state index contributed by atoms with van der Waals surface area (Å²) < 4.78 is 5.14. The van der Waals surface area contributed by atoms with E-state index >= 15 is 0 Å². The predicted octanol–water partition coefficient (Wildman–Crippen LogP) is 3.82. The van der Waals surface area contributed by atoms with Crippen molar-refractivity contribution in [2.45, 2.75) is 43.5 Å². The lowest BCUT2D eigenvalue weighted by atomic mass is 9.87. The van der Waals surface area contributed by atoms with Crippen LogP contribution in [0.25, 0.3) is 0 Å². The Hall–Kier alpha value is -1.16. The number of hydrogen-bond donors (Lipinski definition) is 0. The molecule has 0 heterocycles. The number of rotatable bonds is 5. The maximum atomic E-state index is 12.3. The summed E-state index contributed by atoms with van der Waals surface area (Å²) >= 11 is 1.59. The summed E-state index contributed by atoms with van der Waals surface area (Å²) in [5, 5.41) is 0. The van der Waals surface area contributed by atoms with Crippen molar-refractivity contribution in [3.05, 3.63) is 24.3 Å². The highest BCUT2D eigenvalue weighted by Crippen LogP contribution is 2.27. The molecule has 0 aliphatic heterocycles. The van der Waals surface area contributed by atoms with Crippen LogP contribution in [0.1, 0.15) is 32.6 Å². The number of carbonyl (C=O) groups excluding carboxylic acids is 1. The van der Waals surface area contributed by atoms with Gasteiger partial charge < -0.3 is 9.64 Å². The van der Waals surface area contributed by atoms with Crippen molar-refractivity contribution in [1.29, 1.82) is 0 Å². The first-order chi connectivity index (χ1) is 10.1. The second kappa shape index (κ2) is 7.74. The highest BCUT2D eigenvalue weighted by Gasteiger charge is 2.24. The summed E-state index contributed by atoms with van der Waals surface area (Å²) in [5.74, 6) is 2.41. The molecule has 1 aliphatic rings. The fourth-order valence-electron chi connectivity index (χ4n) is 2.75. The normalized spacial score (nSPS) is 21.9. The van der Waals surface area contributed by atoms with Gasteiger partial charge in [0.2, 0.25) is 5.91 Å². The molecule has 1 aromatic rings. The lowest BCUT2D eigenvalue weighted by Gasteiger charge is -2.33. The molecule has 0 spiro atoms. The molecule has 1 fully saturated rings. The molecule has 0 bridgehead atoms. The van der Waals surface area contributed by atoms with Gasteiger partial charge in [-0.1, -0.05) is 6.92 Å². The van der Waals surface area contributed by atoms with Crippen LogP contribution in [-0.2, 0) is 4.79 Å². The third kappa shape index (κ3) is 4.67. The Morgan fingerprint density at radius 3 is 2.43 bits per heavy atom. The molecule has 0 N–H and O–H groups in total. The third-order valence-electron chi connectivity index (χ3n) is 4.35.